The van der Waals surface area contributed by atoms with Gasteiger partial charge in [-0.15, -0.1) is 0 Å². The zero-order valence-corrected chi connectivity index (χ0v) is 14.4. The minimum absolute atomic E-state index is 0.0692. The number of carbonyl (C=O) groups is 1. The fraction of sp³-hybridized carbons (Fsp3) is 0.235. The first-order valence-corrected chi connectivity index (χ1v) is 7.79. The first-order valence-electron chi connectivity index (χ1n) is 7.41. The second kappa shape index (κ2) is 8.34. The van der Waals surface area contributed by atoms with Crippen LogP contribution in [0.1, 0.15) is 18.5 Å². The summed E-state index contributed by atoms with van der Waals surface area (Å²) in [5, 5.41) is 13.5. The number of amides is 1. The van der Waals surface area contributed by atoms with E-state index in [0.717, 1.165) is 5.56 Å². The molecule has 2 rings (SSSR count). The van der Waals surface area contributed by atoms with Crippen molar-refractivity contribution in [2.75, 3.05) is 13.7 Å². The van der Waals surface area contributed by atoms with Crippen molar-refractivity contribution in [3.05, 3.63) is 63.2 Å². The van der Waals surface area contributed by atoms with E-state index in [1.165, 1.54) is 18.2 Å². The molecule has 1 unspecified atom stereocenters. The Morgan fingerprint density at radius 3 is 2.64 bits per heavy atom. The molecule has 25 heavy (non-hydrogen) atoms. The summed E-state index contributed by atoms with van der Waals surface area (Å²) in [6, 6.07) is 10.9. The largest absolute Gasteiger partial charge is 0.496 e. The van der Waals surface area contributed by atoms with Gasteiger partial charge in [0.25, 0.3) is 11.6 Å². The van der Waals surface area contributed by atoms with Gasteiger partial charge in [0, 0.05) is 17.7 Å². The molecule has 2 aromatic carbocycles. The van der Waals surface area contributed by atoms with E-state index in [2.05, 4.69) is 5.32 Å². The molecule has 1 N–H and O–H groups in total. The number of nitro benzene ring substituents is 1. The zero-order valence-electron chi connectivity index (χ0n) is 13.7. The lowest BCUT2D eigenvalue weighted by molar-refractivity contribution is -0.384. The second-order valence-electron chi connectivity index (χ2n) is 5.19. The van der Waals surface area contributed by atoms with Crippen molar-refractivity contribution in [1.82, 2.24) is 5.32 Å². The molecule has 0 aromatic heterocycles. The molecular weight excluding hydrogens is 348 g/mol. The topological polar surface area (TPSA) is 90.7 Å². The van der Waals surface area contributed by atoms with Gasteiger partial charge in [-0.3, -0.25) is 14.9 Å². The van der Waals surface area contributed by atoms with Crippen molar-refractivity contribution < 1.29 is 19.2 Å². The third kappa shape index (κ3) is 4.84. The molecule has 0 saturated carbocycles. The summed E-state index contributed by atoms with van der Waals surface area (Å²) in [6.45, 7) is 1.56. The molecule has 0 fully saturated rings. The first-order chi connectivity index (χ1) is 11.9. The number of rotatable bonds is 7. The number of methoxy groups -OCH3 is 1. The van der Waals surface area contributed by atoms with E-state index in [1.54, 1.807) is 7.11 Å². The molecule has 0 aliphatic carbocycles. The smallest absolute Gasteiger partial charge is 0.271 e. The van der Waals surface area contributed by atoms with E-state index in [9.17, 15) is 14.9 Å². The number of hydrogen-bond acceptors (Lipinski definition) is 5. The number of halogens is 1. The molecule has 2 aromatic rings. The molecule has 8 heteroatoms. The Bertz CT molecular complexity index is 781. The molecule has 0 saturated heterocycles. The fourth-order valence-corrected chi connectivity index (χ4v) is 2.48. The van der Waals surface area contributed by atoms with E-state index in [4.69, 9.17) is 21.1 Å². The third-order valence-electron chi connectivity index (χ3n) is 3.47. The van der Waals surface area contributed by atoms with Crippen LogP contribution < -0.4 is 14.8 Å². The highest BCUT2D eigenvalue weighted by molar-refractivity contribution is 6.32. The Labute approximate surface area is 149 Å². The van der Waals surface area contributed by atoms with Gasteiger partial charge in [-0.05, 0) is 19.1 Å². The summed E-state index contributed by atoms with van der Waals surface area (Å²) in [5.41, 5.74) is 0.693. The van der Waals surface area contributed by atoms with Crippen LogP contribution in [0.3, 0.4) is 0 Å². The fourth-order valence-electron chi connectivity index (χ4n) is 2.25. The minimum atomic E-state index is -0.558. The summed E-state index contributed by atoms with van der Waals surface area (Å²) in [6.07, 6.45) is 0. The lowest BCUT2D eigenvalue weighted by atomic mass is 10.1. The van der Waals surface area contributed by atoms with Crippen molar-refractivity contribution >= 4 is 23.2 Å². The van der Waals surface area contributed by atoms with Crippen LogP contribution in [0.15, 0.2) is 42.5 Å². The number of carbonyl (C=O) groups excluding carboxylic acids is 1. The predicted molar refractivity (Wildman–Crippen MR) is 93.2 cm³/mol. The maximum Gasteiger partial charge on any atom is 0.271 e. The molecule has 0 bridgehead atoms. The molecule has 0 radical (unpaired) electrons. The lowest BCUT2D eigenvalue weighted by Crippen LogP contribution is -2.31. The summed E-state index contributed by atoms with van der Waals surface area (Å²) in [4.78, 5) is 22.2. The number of nitro groups is 1. The van der Waals surface area contributed by atoms with Crippen LogP contribution in [-0.2, 0) is 4.79 Å². The molecule has 0 spiro atoms. The van der Waals surface area contributed by atoms with Gasteiger partial charge in [0.15, 0.2) is 6.61 Å². The molecule has 1 atom stereocenters. The summed E-state index contributed by atoms with van der Waals surface area (Å²) >= 11 is 5.92. The number of non-ortho nitro benzene ring substituents is 1. The number of nitrogens with zero attached hydrogens (tertiary/aromatic N) is 1. The Balaban J connectivity index is 1.95. The van der Waals surface area contributed by atoms with E-state index in [0.29, 0.717) is 5.75 Å². The number of hydrogen-bond donors (Lipinski definition) is 1. The van der Waals surface area contributed by atoms with E-state index in [1.807, 2.05) is 31.2 Å². The van der Waals surface area contributed by atoms with Gasteiger partial charge in [0.2, 0.25) is 0 Å². The van der Waals surface area contributed by atoms with Crippen LogP contribution >= 0.6 is 11.6 Å². The van der Waals surface area contributed by atoms with Crippen LogP contribution in [0.4, 0.5) is 5.69 Å². The Morgan fingerprint density at radius 2 is 2.00 bits per heavy atom. The molecule has 7 nitrogen and oxygen atoms in total. The van der Waals surface area contributed by atoms with Gasteiger partial charge in [-0.25, -0.2) is 0 Å². The minimum Gasteiger partial charge on any atom is -0.496 e. The van der Waals surface area contributed by atoms with Gasteiger partial charge < -0.3 is 14.8 Å². The molecule has 1 amide bonds. The highest BCUT2D eigenvalue weighted by Crippen LogP contribution is 2.28. The number of ether oxygens (including phenoxy) is 2. The molecule has 0 heterocycles. The molecular formula is C17H17ClN2O5. The van der Waals surface area contributed by atoms with Crippen molar-refractivity contribution in [2.24, 2.45) is 0 Å². The highest BCUT2D eigenvalue weighted by atomic mass is 35.5. The maximum atomic E-state index is 12.1. The summed E-state index contributed by atoms with van der Waals surface area (Å²) in [7, 11) is 1.56. The number of nitrogens with one attached hydrogen (secondary N) is 1. The van der Waals surface area contributed by atoms with Crippen molar-refractivity contribution in [1.29, 1.82) is 0 Å². The normalized spacial score (nSPS) is 11.5. The number of para-hydroxylation sites is 1. The average Bonchev–Trinajstić information content (AvgIpc) is 2.60. The Kier molecular flexibility index (Phi) is 6.19. The van der Waals surface area contributed by atoms with Gasteiger partial charge in [-0.1, -0.05) is 29.8 Å². The Morgan fingerprint density at radius 1 is 1.28 bits per heavy atom. The third-order valence-corrected chi connectivity index (χ3v) is 3.76. The number of benzene rings is 2. The van der Waals surface area contributed by atoms with Gasteiger partial charge in [0.1, 0.15) is 11.5 Å². The van der Waals surface area contributed by atoms with Crippen LogP contribution in [0, 0.1) is 10.1 Å². The van der Waals surface area contributed by atoms with Crippen molar-refractivity contribution in [3.63, 3.8) is 0 Å². The standard InChI is InChI=1S/C17H17ClN2O5/c1-11(13-5-3-4-6-15(13)24-2)19-17(21)10-25-16-8-7-12(20(22)23)9-14(16)18/h3-9,11H,10H2,1-2H3,(H,19,21). The quantitative estimate of drug-likeness (QED) is 0.599. The first kappa shape index (κ1) is 18.5. The monoisotopic (exact) mass is 364 g/mol. The van der Waals surface area contributed by atoms with Crippen LogP contribution in [0.2, 0.25) is 5.02 Å². The molecule has 0 aliphatic heterocycles. The summed E-state index contributed by atoms with van der Waals surface area (Å²) in [5.74, 6) is 0.523. The second-order valence-corrected chi connectivity index (χ2v) is 5.60. The lowest BCUT2D eigenvalue weighted by Gasteiger charge is -2.17. The van der Waals surface area contributed by atoms with Crippen LogP contribution in [-0.4, -0.2) is 24.5 Å². The zero-order chi connectivity index (χ0) is 18.4. The van der Waals surface area contributed by atoms with Crippen LogP contribution in [0.5, 0.6) is 11.5 Å². The van der Waals surface area contributed by atoms with E-state index >= 15 is 0 Å². The van der Waals surface area contributed by atoms with Crippen molar-refractivity contribution in [2.45, 2.75) is 13.0 Å². The van der Waals surface area contributed by atoms with Gasteiger partial charge in [0.05, 0.1) is 23.1 Å². The van der Waals surface area contributed by atoms with Crippen molar-refractivity contribution in [3.8, 4) is 11.5 Å². The van der Waals surface area contributed by atoms with Gasteiger partial charge in [-0.2, -0.15) is 0 Å². The van der Waals surface area contributed by atoms with E-state index < -0.39 is 4.92 Å². The van der Waals surface area contributed by atoms with Gasteiger partial charge >= 0.3 is 0 Å². The highest BCUT2D eigenvalue weighted by Gasteiger charge is 2.15. The van der Waals surface area contributed by atoms with E-state index in [-0.39, 0.29) is 35.0 Å². The molecule has 132 valence electrons. The maximum absolute atomic E-state index is 12.1. The Hall–Kier alpha value is -2.80. The molecule has 0 aliphatic rings. The average molecular weight is 365 g/mol. The van der Waals surface area contributed by atoms with Crippen LogP contribution in [0.25, 0.3) is 0 Å². The SMILES string of the molecule is COc1ccccc1C(C)NC(=O)COc1ccc([N+](=O)[O-])cc1Cl. The summed E-state index contributed by atoms with van der Waals surface area (Å²) < 4.78 is 10.6. The predicted octanol–water partition coefficient (Wildman–Crippen LogP) is 3.51.